The average molecular weight is 375 g/mol. The number of hydrogen-bond donors (Lipinski definition) is 0. The molecule has 144 valence electrons. The zero-order valence-corrected chi connectivity index (χ0v) is 16.6. The second-order valence-electron chi connectivity index (χ2n) is 6.96. The number of nitrogens with zero attached hydrogens (tertiary/aromatic N) is 5. The largest absolute Gasteiger partial charge is 0.342 e. The zero-order valence-electron chi connectivity index (χ0n) is 16.6. The molecular formula is C22H25N5O. The normalized spacial score (nSPS) is 11.4. The predicted octanol–water partition coefficient (Wildman–Crippen LogP) is 4.17. The summed E-state index contributed by atoms with van der Waals surface area (Å²) in [5.74, 6) is 0.535. The van der Waals surface area contributed by atoms with Gasteiger partial charge in [-0.15, -0.1) is 0 Å². The van der Waals surface area contributed by atoms with E-state index in [1.807, 2.05) is 41.6 Å². The fourth-order valence-electron chi connectivity index (χ4n) is 3.79. The van der Waals surface area contributed by atoms with Crippen molar-refractivity contribution in [2.75, 3.05) is 13.1 Å². The summed E-state index contributed by atoms with van der Waals surface area (Å²) < 4.78 is 4.04. The lowest BCUT2D eigenvalue weighted by Crippen LogP contribution is -2.33. The number of unbranched alkanes of at least 4 members (excludes halogenated alkanes) is 1. The van der Waals surface area contributed by atoms with Crippen molar-refractivity contribution in [2.24, 2.45) is 7.05 Å². The van der Waals surface area contributed by atoms with E-state index in [-0.39, 0.29) is 5.91 Å². The van der Waals surface area contributed by atoms with Gasteiger partial charge < -0.3 is 9.47 Å². The number of rotatable bonds is 6. The van der Waals surface area contributed by atoms with Crippen LogP contribution in [-0.2, 0) is 7.05 Å². The van der Waals surface area contributed by atoms with Gasteiger partial charge in [0, 0.05) is 37.9 Å². The molecule has 28 heavy (non-hydrogen) atoms. The van der Waals surface area contributed by atoms with Crippen molar-refractivity contribution in [1.82, 2.24) is 24.0 Å². The summed E-state index contributed by atoms with van der Waals surface area (Å²) in [7, 11) is 2.03. The van der Waals surface area contributed by atoms with Crippen molar-refractivity contribution < 1.29 is 4.79 Å². The van der Waals surface area contributed by atoms with Gasteiger partial charge in [0.25, 0.3) is 5.91 Å². The number of carbonyl (C=O) groups is 1. The molecule has 4 aromatic rings. The summed E-state index contributed by atoms with van der Waals surface area (Å²) in [6.45, 7) is 5.59. The SMILES string of the molecule is CCCCN(CC)C(=O)c1cc2c(c3ccccc3n2C)n1-c1ncccn1. The lowest BCUT2D eigenvalue weighted by Gasteiger charge is -2.21. The van der Waals surface area contributed by atoms with Gasteiger partial charge >= 0.3 is 0 Å². The molecule has 0 N–H and O–H groups in total. The molecule has 6 nitrogen and oxygen atoms in total. The molecule has 0 spiro atoms. The van der Waals surface area contributed by atoms with Crippen molar-refractivity contribution in [3.8, 4) is 5.95 Å². The maximum absolute atomic E-state index is 13.4. The molecule has 0 aliphatic heterocycles. The number of aryl methyl sites for hydroxylation is 1. The van der Waals surface area contributed by atoms with Gasteiger partial charge in [0.15, 0.2) is 0 Å². The van der Waals surface area contributed by atoms with Crippen LogP contribution in [0.2, 0.25) is 0 Å². The van der Waals surface area contributed by atoms with E-state index < -0.39 is 0 Å². The van der Waals surface area contributed by atoms with Gasteiger partial charge in [-0.05, 0) is 31.5 Å². The monoisotopic (exact) mass is 375 g/mol. The highest BCUT2D eigenvalue weighted by Crippen LogP contribution is 2.32. The molecule has 0 saturated carbocycles. The zero-order chi connectivity index (χ0) is 19.7. The van der Waals surface area contributed by atoms with Crippen LogP contribution < -0.4 is 0 Å². The fraction of sp³-hybridized carbons (Fsp3) is 0.318. The van der Waals surface area contributed by atoms with Gasteiger partial charge in [0.2, 0.25) is 5.95 Å². The average Bonchev–Trinajstić information content (AvgIpc) is 3.26. The van der Waals surface area contributed by atoms with Gasteiger partial charge in [0.1, 0.15) is 5.69 Å². The molecule has 0 radical (unpaired) electrons. The summed E-state index contributed by atoms with van der Waals surface area (Å²) in [5, 5.41) is 1.09. The molecule has 0 fully saturated rings. The molecule has 1 aromatic carbocycles. The second kappa shape index (κ2) is 7.46. The Kier molecular flexibility index (Phi) is 4.86. The molecule has 0 aliphatic carbocycles. The maximum Gasteiger partial charge on any atom is 0.271 e. The molecule has 0 aliphatic rings. The Bertz CT molecular complexity index is 1130. The molecule has 3 aromatic heterocycles. The first kappa shape index (κ1) is 18.2. The third kappa shape index (κ3) is 2.85. The first-order chi connectivity index (χ1) is 13.7. The summed E-state index contributed by atoms with van der Waals surface area (Å²) in [6, 6.07) is 12.0. The third-order valence-corrected chi connectivity index (χ3v) is 5.28. The Morgan fingerprint density at radius 3 is 2.54 bits per heavy atom. The number of hydrogen-bond acceptors (Lipinski definition) is 3. The van der Waals surface area contributed by atoms with Crippen LogP contribution in [0.4, 0.5) is 0 Å². The number of aromatic nitrogens is 4. The number of fused-ring (bicyclic) bond motifs is 3. The Morgan fingerprint density at radius 1 is 1.07 bits per heavy atom. The predicted molar refractivity (Wildman–Crippen MR) is 112 cm³/mol. The highest BCUT2D eigenvalue weighted by atomic mass is 16.2. The number of benzene rings is 1. The minimum absolute atomic E-state index is 0.0173. The van der Waals surface area contributed by atoms with E-state index >= 15 is 0 Å². The highest BCUT2D eigenvalue weighted by molar-refractivity contribution is 6.10. The quantitative estimate of drug-likeness (QED) is 0.508. The molecule has 6 heteroatoms. The van der Waals surface area contributed by atoms with Gasteiger partial charge in [-0.3, -0.25) is 9.36 Å². The fourth-order valence-corrected chi connectivity index (χ4v) is 3.79. The Hall–Kier alpha value is -3.15. The molecule has 0 unspecified atom stereocenters. The number of amides is 1. The van der Waals surface area contributed by atoms with E-state index in [4.69, 9.17) is 0 Å². The smallest absolute Gasteiger partial charge is 0.271 e. The third-order valence-electron chi connectivity index (χ3n) is 5.28. The van der Waals surface area contributed by atoms with Gasteiger partial charge in [-0.2, -0.15) is 0 Å². The minimum Gasteiger partial charge on any atom is -0.342 e. The topological polar surface area (TPSA) is 56.0 Å². The van der Waals surface area contributed by atoms with Crippen molar-refractivity contribution in [3.05, 3.63) is 54.5 Å². The first-order valence-corrected chi connectivity index (χ1v) is 9.82. The van der Waals surface area contributed by atoms with Crippen LogP contribution in [0.1, 0.15) is 37.2 Å². The van der Waals surface area contributed by atoms with Gasteiger partial charge in [-0.1, -0.05) is 31.5 Å². The molecular weight excluding hydrogens is 350 g/mol. The molecule has 0 bridgehead atoms. The molecule has 4 rings (SSSR count). The summed E-state index contributed by atoms with van der Waals surface area (Å²) in [6.07, 6.45) is 5.47. The molecule has 1 amide bonds. The van der Waals surface area contributed by atoms with Crippen LogP contribution in [-0.4, -0.2) is 43.0 Å². The van der Waals surface area contributed by atoms with E-state index in [9.17, 15) is 4.79 Å². The van der Waals surface area contributed by atoms with Gasteiger partial charge in [-0.25, -0.2) is 9.97 Å². The first-order valence-electron chi connectivity index (χ1n) is 9.82. The standard InChI is InChI=1S/C22H25N5O/c1-4-6-14-26(5-2)21(28)19-15-18-20(27(19)22-23-12-9-13-24-22)16-10-7-8-11-17(16)25(18)3/h7-13,15H,4-6,14H2,1-3H3. The maximum atomic E-state index is 13.4. The second-order valence-corrected chi connectivity index (χ2v) is 6.96. The Balaban J connectivity index is 1.99. The van der Waals surface area contributed by atoms with E-state index in [1.54, 1.807) is 18.5 Å². The lowest BCUT2D eigenvalue weighted by molar-refractivity contribution is 0.0754. The van der Waals surface area contributed by atoms with Crippen molar-refractivity contribution >= 4 is 27.8 Å². The highest BCUT2D eigenvalue weighted by Gasteiger charge is 2.25. The minimum atomic E-state index is 0.0173. The van der Waals surface area contributed by atoms with Crippen LogP contribution in [0.25, 0.3) is 27.9 Å². The van der Waals surface area contributed by atoms with Crippen LogP contribution >= 0.6 is 0 Å². The summed E-state index contributed by atoms with van der Waals surface area (Å²) >= 11 is 0. The number of carbonyl (C=O) groups excluding carboxylic acids is 1. The van der Waals surface area contributed by atoms with Crippen molar-refractivity contribution in [2.45, 2.75) is 26.7 Å². The number of para-hydroxylation sites is 1. The van der Waals surface area contributed by atoms with E-state index in [0.717, 1.165) is 41.3 Å². The van der Waals surface area contributed by atoms with E-state index in [1.165, 1.54) is 0 Å². The molecule has 3 heterocycles. The van der Waals surface area contributed by atoms with E-state index in [0.29, 0.717) is 18.2 Å². The van der Waals surface area contributed by atoms with Crippen LogP contribution in [0.15, 0.2) is 48.8 Å². The van der Waals surface area contributed by atoms with E-state index in [2.05, 4.69) is 33.6 Å². The summed E-state index contributed by atoms with van der Waals surface area (Å²) in [4.78, 5) is 24.2. The van der Waals surface area contributed by atoms with Crippen LogP contribution in [0, 0.1) is 0 Å². The molecule has 0 atom stereocenters. The van der Waals surface area contributed by atoms with Crippen molar-refractivity contribution in [3.63, 3.8) is 0 Å². The Labute approximate surface area is 164 Å². The lowest BCUT2D eigenvalue weighted by atomic mass is 10.2. The Morgan fingerprint density at radius 2 is 1.82 bits per heavy atom. The molecule has 0 saturated heterocycles. The summed E-state index contributed by atoms with van der Waals surface area (Å²) in [5.41, 5.74) is 3.70. The van der Waals surface area contributed by atoms with Crippen molar-refractivity contribution in [1.29, 1.82) is 0 Å². The van der Waals surface area contributed by atoms with Crippen LogP contribution in [0.5, 0.6) is 0 Å². The van der Waals surface area contributed by atoms with Crippen LogP contribution in [0.3, 0.4) is 0 Å². The van der Waals surface area contributed by atoms with Gasteiger partial charge in [0.05, 0.1) is 16.6 Å².